The van der Waals surface area contributed by atoms with Crippen molar-refractivity contribution in [1.82, 2.24) is 33.7 Å². The molecule has 0 radical (unpaired) electrons. The van der Waals surface area contributed by atoms with Crippen LogP contribution in [0.15, 0.2) is 94.9 Å². The maximum Gasteiger partial charge on any atom is 0.337 e. The summed E-state index contributed by atoms with van der Waals surface area (Å²) in [5, 5.41) is 3.59. The summed E-state index contributed by atoms with van der Waals surface area (Å²) in [6.45, 7) is 4.86. The van der Waals surface area contributed by atoms with Crippen LogP contribution in [-0.2, 0) is 17.8 Å². The lowest BCUT2D eigenvalue weighted by molar-refractivity contribution is 0.140. The molecule has 1 saturated heterocycles. The molecule has 1 aliphatic carbocycles. The Hall–Kier alpha value is -5.04. The monoisotopic (exact) mass is 691 g/mol. The van der Waals surface area contributed by atoms with Gasteiger partial charge in [0.2, 0.25) is 0 Å². The van der Waals surface area contributed by atoms with Gasteiger partial charge in [0.05, 0.1) is 29.6 Å². The van der Waals surface area contributed by atoms with E-state index in [9.17, 15) is 18.4 Å². The van der Waals surface area contributed by atoms with Crippen LogP contribution >= 0.6 is 0 Å². The highest BCUT2D eigenvalue weighted by atomic mass is 19.1. The van der Waals surface area contributed by atoms with Gasteiger partial charge in [0, 0.05) is 57.3 Å². The standard InChI is InChI=1S/C39H39F2N7O3/c40-29-9-14-36-44-32(25-46(36)24-29)22-42-31-10-12-33(13-11-31)48-38(49)35-20-30(41)21-43-37(35)47(39(48)50)34-4-1-3-28(19-34)27-7-5-26(6-8-27)23-45-15-2-17-51-18-16-45/h1,3-9,14,19-21,24-25,31,33,42H,2,10-13,15-18,22-23H2/t31-,33+. The molecular weight excluding hydrogens is 652 g/mol. The van der Waals surface area contributed by atoms with Gasteiger partial charge in [-0.15, -0.1) is 0 Å². The highest BCUT2D eigenvalue weighted by Crippen LogP contribution is 2.29. The molecule has 51 heavy (non-hydrogen) atoms. The summed E-state index contributed by atoms with van der Waals surface area (Å²) in [7, 11) is 0. The Balaban J connectivity index is 1.04. The third kappa shape index (κ3) is 6.99. The molecular formula is C39H39F2N7O3. The summed E-state index contributed by atoms with van der Waals surface area (Å²) in [4.78, 5) is 39.4. The van der Waals surface area contributed by atoms with Crippen LogP contribution in [0.5, 0.6) is 0 Å². The zero-order valence-corrected chi connectivity index (χ0v) is 28.2. The third-order valence-electron chi connectivity index (χ3n) is 10.1. The van der Waals surface area contributed by atoms with Gasteiger partial charge in [0.15, 0.2) is 5.65 Å². The quantitative estimate of drug-likeness (QED) is 0.221. The summed E-state index contributed by atoms with van der Waals surface area (Å²) in [5.74, 6) is -0.965. The van der Waals surface area contributed by atoms with Gasteiger partial charge in [-0.2, -0.15) is 0 Å². The van der Waals surface area contributed by atoms with Gasteiger partial charge in [0.25, 0.3) is 5.56 Å². The Kier molecular flexibility index (Phi) is 9.28. The first-order valence-electron chi connectivity index (χ1n) is 17.6. The third-order valence-corrected chi connectivity index (χ3v) is 10.1. The molecule has 2 fully saturated rings. The molecule has 6 aromatic rings. The van der Waals surface area contributed by atoms with Crippen LogP contribution in [0, 0.1) is 11.6 Å². The summed E-state index contributed by atoms with van der Waals surface area (Å²) in [5.41, 5.74) is 4.24. The second-order valence-electron chi connectivity index (χ2n) is 13.5. The number of hydrogen-bond donors (Lipinski definition) is 1. The lowest BCUT2D eigenvalue weighted by atomic mass is 9.91. The lowest BCUT2D eigenvalue weighted by Gasteiger charge is -2.30. The molecule has 1 N–H and O–H groups in total. The number of imidazole rings is 1. The average Bonchev–Trinajstić information content (AvgIpc) is 3.37. The average molecular weight is 692 g/mol. The molecule has 1 aliphatic heterocycles. The molecule has 5 heterocycles. The fourth-order valence-electron chi connectivity index (χ4n) is 7.47. The molecule has 2 aromatic carbocycles. The van der Waals surface area contributed by atoms with Crippen LogP contribution in [0.3, 0.4) is 0 Å². The maximum absolute atomic E-state index is 14.5. The summed E-state index contributed by atoms with van der Waals surface area (Å²) < 4.78 is 38.1. The molecule has 0 unspecified atom stereocenters. The SMILES string of the molecule is O=c1c2cc(F)cnc2n(-c2cccc(-c3ccc(CN4CCCOCC4)cc3)c2)c(=O)n1[C@H]1CC[C@@H](NCc2cn3cc(F)ccc3n2)CC1. The molecule has 2 aliphatic rings. The summed E-state index contributed by atoms with van der Waals surface area (Å²) in [6.07, 6.45) is 7.92. The van der Waals surface area contributed by atoms with Gasteiger partial charge < -0.3 is 14.5 Å². The number of benzene rings is 2. The highest BCUT2D eigenvalue weighted by molar-refractivity contribution is 5.76. The maximum atomic E-state index is 14.5. The van der Waals surface area contributed by atoms with E-state index in [1.165, 1.54) is 33.0 Å². The van der Waals surface area contributed by atoms with E-state index in [1.807, 2.05) is 24.3 Å². The minimum absolute atomic E-state index is 0.0619. The Bertz CT molecular complexity index is 2300. The normalized spacial score (nSPS) is 18.7. The number of pyridine rings is 2. The van der Waals surface area contributed by atoms with Gasteiger partial charge in [-0.3, -0.25) is 14.3 Å². The van der Waals surface area contributed by atoms with Gasteiger partial charge in [-0.05, 0) is 79.1 Å². The number of aromatic nitrogens is 5. The molecule has 0 atom stereocenters. The van der Waals surface area contributed by atoms with Crippen molar-refractivity contribution in [3.63, 3.8) is 0 Å². The lowest BCUT2D eigenvalue weighted by Crippen LogP contribution is -2.44. The Morgan fingerprint density at radius 3 is 2.55 bits per heavy atom. The van der Waals surface area contributed by atoms with Gasteiger partial charge in [-0.1, -0.05) is 36.4 Å². The first-order chi connectivity index (χ1) is 24.9. The Morgan fingerprint density at radius 2 is 1.71 bits per heavy atom. The van der Waals surface area contributed by atoms with E-state index >= 15 is 0 Å². The van der Waals surface area contributed by atoms with Crippen LogP contribution in [0.1, 0.15) is 49.4 Å². The number of hydrogen-bond acceptors (Lipinski definition) is 7. The van der Waals surface area contributed by atoms with Crippen LogP contribution < -0.4 is 16.6 Å². The molecule has 10 nitrogen and oxygen atoms in total. The fourth-order valence-corrected chi connectivity index (χ4v) is 7.47. The van der Waals surface area contributed by atoms with Crippen LogP contribution in [-0.4, -0.2) is 60.7 Å². The number of fused-ring (bicyclic) bond motifs is 2. The summed E-state index contributed by atoms with van der Waals surface area (Å²) >= 11 is 0. The second kappa shape index (κ2) is 14.3. The minimum Gasteiger partial charge on any atom is -0.380 e. The predicted octanol–water partition coefficient (Wildman–Crippen LogP) is 5.64. The van der Waals surface area contributed by atoms with Crippen molar-refractivity contribution in [3.8, 4) is 16.8 Å². The molecule has 262 valence electrons. The highest BCUT2D eigenvalue weighted by Gasteiger charge is 2.27. The first kappa shape index (κ1) is 33.1. The van der Waals surface area contributed by atoms with Crippen molar-refractivity contribution in [2.45, 2.75) is 57.3 Å². The number of rotatable bonds is 8. The van der Waals surface area contributed by atoms with Gasteiger partial charge >= 0.3 is 5.69 Å². The molecule has 12 heteroatoms. The number of ether oxygens (including phenoxy) is 1. The van der Waals surface area contributed by atoms with Crippen molar-refractivity contribution in [1.29, 1.82) is 0 Å². The fraction of sp³-hybridized carbons (Fsp3) is 0.333. The molecule has 1 saturated carbocycles. The van der Waals surface area contributed by atoms with Crippen LogP contribution in [0.25, 0.3) is 33.5 Å². The van der Waals surface area contributed by atoms with E-state index in [0.29, 0.717) is 30.7 Å². The molecule has 0 spiro atoms. The van der Waals surface area contributed by atoms with Gasteiger partial charge in [-0.25, -0.2) is 28.1 Å². The van der Waals surface area contributed by atoms with Crippen molar-refractivity contribution >= 4 is 16.7 Å². The van der Waals surface area contributed by atoms with Crippen molar-refractivity contribution in [2.75, 3.05) is 26.3 Å². The molecule has 0 bridgehead atoms. The van der Waals surface area contributed by atoms with E-state index in [2.05, 4.69) is 44.5 Å². The Morgan fingerprint density at radius 1 is 0.863 bits per heavy atom. The van der Waals surface area contributed by atoms with E-state index < -0.39 is 17.1 Å². The number of nitrogens with one attached hydrogen (secondary N) is 1. The number of halogens is 2. The zero-order valence-electron chi connectivity index (χ0n) is 28.2. The van der Waals surface area contributed by atoms with Crippen molar-refractivity contribution < 1.29 is 13.5 Å². The largest absolute Gasteiger partial charge is 0.380 e. The van der Waals surface area contributed by atoms with E-state index in [4.69, 9.17) is 4.74 Å². The van der Waals surface area contributed by atoms with Crippen molar-refractivity contribution in [2.24, 2.45) is 0 Å². The molecule has 0 amide bonds. The van der Waals surface area contributed by atoms with E-state index in [-0.39, 0.29) is 28.9 Å². The van der Waals surface area contributed by atoms with E-state index in [1.54, 1.807) is 16.7 Å². The topological polar surface area (TPSA) is 98.7 Å². The van der Waals surface area contributed by atoms with Gasteiger partial charge in [0.1, 0.15) is 17.3 Å². The Labute approximate surface area is 293 Å². The smallest absolute Gasteiger partial charge is 0.337 e. The number of nitrogens with zero attached hydrogens (tertiary/aromatic N) is 6. The minimum atomic E-state index is -0.638. The first-order valence-corrected chi connectivity index (χ1v) is 17.6. The van der Waals surface area contributed by atoms with Crippen LogP contribution in [0.4, 0.5) is 8.78 Å². The van der Waals surface area contributed by atoms with E-state index in [0.717, 1.165) is 75.1 Å². The zero-order chi connectivity index (χ0) is 34.9. The second-order valence-corrected chi connectivity index (χ2v) is 13.5. The summed E-state index contributed by atoms with van der Waals surface area (Å²) in [6, 6.07) is 20.0. The predicted molar refractivity (Wildman–Crippen MR) is 191 cm³/mol. The molecule has 4 aromatic heterocycles. The van der Waals surface area contributed by atoms with Crippen LogP contribution in [0.2, 0.25) is 0 Å². The molecule has 8 rings (SSSR count). The van der Waals surface area contributed by atoms with Crippen molar-refractivity contribution in [3.05, 3.63) is 129 Å².